The van der Waals surface area contributed by atoms with Crippen LogP contribution in [0.5, 0.6) is 0 Å². The third kappa shape index (κ3) is 9.95. The first kappa shape index (κ1) is 19.1. The molecule has 0 aromatic carbocycles. The standard InChI is InChI=1S/C9H20N2O7S2/c1-10(5-3-7-19(13,14)15)9(12)11(2)6-4-8-20(16,17)18/h3-8H2,1-2H3,(H,13,14,15)(H,16,17,18)/p-2. The van der Waals surface area contributed by atoms with Crippen LogP contribution in [-0.4, -0.2) is 80.5 Å². The maximum atomic E-state index is 11.8. The minimum atomic E-state index is -4.30. The highest BCUT2D eigenvalue weighted by molar-refractivity contribution is 7.85. The Morgan fingerprint density at radius 2 is 1.15 bits per heavy atom. The van der Waals surface area contributed by atoms with E-state index in [1.54, 1.807) is 0 Å². The van der Waals surface area contributed by atoms with Gasteiger partial charge in [0, 0.05) is 38.7 Å². The summed E-state index contributed by atoms with van der Waals surface area (Å²) in [6, 6.07) is -0.448. The lowest BCUT2D eigenvalue weighted by atomic mass is 10.4. The summed E-state index contributed by atoms with van der Waals surface area (Å²) < 4.78 is 62.4. The smallest absolute Gasteiger partial charge is 0.319 e. The summed E-state index contributed by atoms with van der Waals surface area (Å²) in [6.45, 7) is 0.176. The van der Waals surface area contributed by atoms with Gasteiger partial charge in [-0.2, -0.15) is 0 Å². The van der Waals surface area contributed by atoms with Crippen LogP contribution in [0.3, 0.4) is 0 Å². The van der Waals surface area contributed by atoms with E-state index < -0.39 is 37.8 Å². The SMILES string of the molecule is CN(CCCS(=O)(=O)[O-])C(=O)N(C)CCCS(=O)(=O)[O-]. The van der Waals surface area contributed by atoms with Crippen molar-refractivity contribution in [3.63, 3.8) is 0 Å². The molecular formula is C9H18N2O7S2-2. The minimum absolute atomic E-state index is 0.0247. The zero-order chi connectivity index (χ0) is 16.0. The van der Waals surface area contributed by atoms with Crippen LogP contribution in [0.25, 0.3) is 0 Å². The molecule has 0 rings (SSSR count). The quantitative estimate of drug-likeness (QED) is 0.512. The van der Waals surface area contributed by atoms with Gasteiger partial charge in [-0.25, -0.2) is 21.6 Å². The van der Waals surface area contributed by atoms with Crippen molar-refractivity contribution in [3.8, 4) is 0 Å². The van der Waals surface area contributed by atoms with Crippen LogP contribution >= 0.6 is 0 Å². The molecule has 0 fully saturated rings. The Morgan fingerprint density at radius 1 is 0.850 bits per heavy atom. The van der Waals surface area contributed by atoms with Crippen molar-refractivity contribution in [2.24, 2.45) is 0 Å². The summed E-state index contributed by atoms with van der Waals surface area (Å²) in [5.41, 5.74) is 0. The summed E-state index contributed by atoms with van der Waals surface area (Å²) in [7, 11) is -5.74. The van der Waals surface area contributed by atoms with Gasteiger partial charge in [-0.15, -0.1) is 0 Å². The molecular weight excluding hydrogens is 312 g/mol. The van der Waals surface area contributed by atoms with E-state index in [0.717, 1.165) is 0 Å². The van der Waals surface area contributed by atoms with Gasteiger partial charge in [0.25, 0.3) is 0 Å². The number of carbonyl (C=O) groups is 1. The van der Waals surface area contributed by atoms with Gasteiger partial charge in [-0.05, 0) is 12.8 Å². The number of nitrogens with zero attached hydrogens (tertiary/aromatic N) is 2. The molecule has 120 valence electrons. The Hall–Kier alpha value is -0.910. The molecule has 0 aliphatic carbocycles. The molecule has 0 unspecified atom stereocenters. The first-order valence-electron chi connectivity index (χ1n) is 5.76. The number of hydrogen-bond acceptors (Lipinski definition) is 7. The van der Waals surface area contributed by atoms with Gasteiger partial charge in [0.1, 0.15) is 0 Å². The second-order valence-electron chi connectivity index (χ2n) is 4.36. The number of hydrogen-bond donors (Lipinski definition) is 0. The van der Waals surface area contributed by atoms with Gasteiger partial charge in [-0.1, -0.05) is 0 Å². The Balaban J connectivity index is 4.10. The normalized spacial score (nSPS) is 12.2. The van der Waals surface area contributed by atoms with Crippen molar-refractivity contribution >= 4 is 26.3 Å². The first-order chi connectivity index (χ1) is 8.92. The van der Waals surface area contributed by atoms with Gasteiger partial charge in [0.15, 0.2) is 0 Å². The Labute approximate surface area is 119 Å². The lowest BCUT2D eigenvalue weighted by Crippen LogP contribution is -2.40. The molecule has 0 N–H and O–H groups in total. The van der Waals surface area contributed by atoms with Gasteiger partial charge >= 0.3 is 6.03 Å². The van der Waals surface area contributed by atoms with E-state index in [-0.39, 0.29) is 25.9 Å². The van der Waals surface area contributed by atoms with E-state index >= 15 is 0 Å². The van der Waals surface area contributed by atoms with Crippen LogP contribution < -0.4 is 0 Å². The molecule has 0 saturated heterocycles. The van der Waals surface area contributed by atoms with Gasteiger partial charge < -0.3 is 18.9 Å². The molecule has 0 spiro atoms. The third-order valence-electron chi connectivity index (χ3n) is 2.43. The van der Waals surface area contributed by atoms with E-state index in [4.69, 9.17) is 0 Å². The van der Waals surface area contributed by atoms with Crippen molar-refractivity contribution in [2.75, 3.05) is 38.7 Å². The van der Waals surface area contributed by atoms with E-state index in [1.165, 1.54) is 23.9 Å². The van der Waals surface area contributed by atoms with Crippen molar-refractivity contribution in [1.82, 2.24) is 9.80 Å². The van der Waals surface area contributed by atoms with Gasteiger partial charge in [0.05, 0.1) is 20.2 Å². The van der Waals surface area contributed by atoms with Crippen LogP contribution in [0, 0.1) is 0 Å². The van der Waals surface area contributed by atoms with Crippen LogP contribution in [0.1, 0.15) is 12.8 Å². The third-order valence-corrected chi connectivity index (χ3v) is 4.01. The van der Waals surface area contributed by atoms with Crippen LogP contribution in [0.4, 0.5) is 4.79 Å². The molecule has 2 amide bonds. The van der Waals surface area contributed by atoms with Crippen LogP contribution in [0.2, 0.25) is 0 Å². The summed E-state index contributed by atoms with van der Waals surface area (Å²) >= 11 is 0. The van der Waals surface area contributed by atoms with E-state index in [2.05, 4.69) is 0 Å². The molecule has 9 nitrogen and oxygen atoms in total. The number of rotatable bonds is 8. The molecule has 0 heterocycles. The Kier molecular flexibility index (Phi) is 7.41. The fraction of sp³-hybridized carbons (Fsp3) is 0.889. The Bertz CT molecular complexity index is 468. The molecule has 0 aromatic rings. The topological polar surface area (TPSA) is 138 Å². The highest BCUT2D eigenvalue weighted by Crippen LogP contribution is 1.99. The predicted octanol–water partition coefficient (Wildman–Crippen LogP) is -1.16. The summed E-state index contributed by atoms with van der Waals surface area (Å²) in [5.74, 6) is -1.11. The van der Waals surface area contributed by atoms with Gasteiger partial charge in [-0.3, -0.25) is 0 Å². The first-order valence-corrected chi connectivity index (χ1v) is 8.91. The molecule has 20 heavy (non-hydrogen) atoms. The van der Waals surface area contributed by atoms with E-state index in [1.807, 2.05) is 0 Å². The minimum Gasteiger partial charge on any atom is -0.748 e. The van der Waals surface area contributed by atoms with Crippen molar-refractivity contribution in [3.05, 3.63) is 0 Å². The van der Waals surface area contributed by atoms with E-state index in [9.17, 15) is 30.7 Å². The van der Waals surface area contributed by atoms with Crippen molar-refractivity contribution in [1.29, 1.82) is 0 Å². The lowest BCUT2D eigenvalue weighted by Gasteiger charge is -2.25. The molecule has 0 atom stereocenters. The second-order valence-corrected chi connectivity index (χ2v) is 7.40. The van der Waals surface area contributed by atoms with Gasteiger partial charge in [0.2, 0.25) is 0 Å². The number of urea groups is 1. The molecule has 0 radical (unpaired) electrons. The zero-order valence-electron chi connectivity index (χ0n) is 11.3. The average Bonchev–Trinajstić information content (AvgIpc) is 2.24. The lowest BCUT2D eigenvalue weighted by molar-refractivity contribution is 0.173. The predicted molar refractivity (Wildman–Crippen MR) is 69.0 cm³/mol. The van der Waals surface area contributed by atoms with Crippen LogP contribution in [0.15, 0.2) is 0 Å². The second kappa shape index (κ2) is 7.76. The molecule has 0 bridgehead atoms. The fourth-order valence-electron chi connectivity index (χ4n) is 1.44. The highest BCUT2D eigenvalue weighted by Gasteiger charge is 2.14. The maximum absolute atomic E-state index is 11.8. The molecule has 11 heteroatoms. The Morgan fingerprint density at radius 3 is 1.40 bits per heavy atom. The summed E-state index contributed by atoms with van der Waals surface area (Å²) in [4.78, 5) is 14.2. The summed E-state index contributed by atoms with van der Waals surface area (Å²) in [5, 5.41) is 0. The fourth-order valence-corrected chi connectivity index (χ4v) is 2.41. The molecule has 0 aliphatic heterocycles. The zero-order valence-corrected chi connectivity index (χ0v) is 12.9. The van der Waals surface area contributed by atoms with Crippen molar-refractivity contribution in [2.45, 2.75) is 12.8 Å². The summed E-state index contributed by atoms with van der Waals surface area (Å²) in [6.07, 6.45) is 0.0493. The molecule has 0 saturated carbocycles. The maximum Gasteiger partial charge on any atom is 0.319 e. The largest absolute Gasteiger partial charge is 0.748 e. The van der Waals surface area contributed by atoms with E-state index in [0.29, 0.717) is 0 Å². The highest BCUT2D eigenvalue weighted by atomic mass is 32.2. The van der Waals surface area contributed by atoms with Crippen LogP contribution in [-0.2, 0) is 20.2 Å². The number of amides is 2. The molecule has 0 aromatic heterocycles. The van der Waals surface area contributed by atoms with Crippen molar-refractivity contribution < 1.29 is 30.7 Å². The average molecular weight is 330 g/mol. The monoisotopic (exact) mass is 330 g/mol. The molecule has 0 aliphatic rings. The number of carbonyl (C=O) groups excluding carboxylic acids is 1.